The molecule has 0 heterocycles. The highest BCUT2D eigenvalue weighted by atomic mass is 79.9. The molecule has 5 heteroatoms. The lowest BCUT2D eigenvalue weighted by molar-refractivity contribution is -0.121. The third-order valence-electron chi connectivity index (χ3n) is 2.92. The maximum atomic E-state index is 11.9. The van der Waals surface area contributed by atoms with Crippen molar-refractivity contribution in [2.45, 2.75) is 13.3 Å². The number of carbonyl (C=O) groups excluding carboxylic acids is 2. The Morgan fingerprint density at radius 3 is 2.33 bits per heavy atom. The van der Waals surface area contributed by atoms with E-state index in [-0.39, 0.29) is 18.2 Å². The summed E-state index contributed by atoms with van der Waals surface area (Å²) in [5.74, 6) is -0.626. The normalized spacial score (nSPS) is 10.0. The van der Waals surface area contributed by atoms with Gasteiger partial charge in [-0.05, 0) is 40.5 Å². The summed E-state index contributed by atoms with van der Waals surface area (Å²) in [6, 6.07) is 14.7. The highest BCUT2D eigenvalue weighted by molar-refractivity contribution is 9.10. The van der Waals surface area contributed by atoms with E-state index in [0.717, 1.165) is 11.1 Å². The standard InChI is InChI=1S/C16H15BrN2O2/c1-11-6-8-12(9-7-11)10-15(20)18-19-16(21)13-4-2-3-5-14(13)17/h2-9H,10H2,1H3,(H,18,20)(H,19,21). The van der Waals surface area contributed by atoms with Crippen molar-refractivity contribution in [1.82, 2.24) is 10.9 Å². The number of benzene rings is 2. The Kier molecular flexibility index (Phi) is 5.11. The third-order valence-corrected chi connectivity index (χ3v) is 3.61. The summed E-state index contributed by atoms with van der Waals surface area (Å²) >= 11 is 3.29. The van der Waals surface area contributed by atoms with Crippen molar-refractivity contribution in [2.24, 2.45) is 0 Å². The highest BCUT2D eigenvalue weighted by Gasteiger charge is 2.10. The summed E-state index contributed by atoms with van der Waals surface area (Å²) in [6.07, 6.45) is 0.219. The van der Waals surface area contributed by atoms with Gasteiger partial charge in [-0.1, -0.05) is 42.0 Å². The number of carbonyl (C=O) groups is 2. The smallest absolute Gasteiger partial charge is 0.270 e. The molecule has 2 rings (SSSR count). The first kappa shape index (κ1) is 15.3. The molecule has 21 heavy (non-hydrogen) atoms. The van der Waals surface area contributed by atoms with Gasteiger partial charge in [-0.15, -0.1) is 0 Å². The zero-order valence-electron chi connectivity index (χ0n) is 11.5. The minimum absolute atomic E-state index is 0.219. The second-order valence-electron chi connectivity index (χ2n) is 4.64. The van der Waals surface area contributed by atoms with E-state index < -0.39 is 0 Å². The third kappa shape index (κ3) is 4.43. The van der Waals surface area contributed by atoms with Crippen LogP contribution >= 0.6 is 15.9 Å². The molecule has 0 aliphatic rings. The van der Waals surface area contributed by atoms with Crippen molar-refractivity contribution in [2.75, 3.05) is 0 Å². The van der Waals surface area contributed by atoms with E-state index in [1.165, 1.54) is 0 Å². The minimum atomic E-state index is -0.361. The number of nitrogens with one attached hydrogen (secondary N) is 2. The number of halogens is 1. The lowest BCUT2D eigenvalue weighted by Crippen LogP contribution is -2.42. The van der Waals surface area contributed by atoms with E-state index in [2.05, 4.69) is 26.8 Å². The molecule has 0 fully saturated rings. The van der Waals surface area contributed by atoms with Gasteiger partial charge < -0.3 is 0 Å². The van der Waals surface area contributed by atoms with Crippen LogP contribution in [0.15, 0.2) is 53.0 Å². The van der Waals surface area contributed by atoms with Gasteiger partial charge >= 0.3 is 0 Å². The fraction of sp³-hybridized carbons (Fsp3) is 0.125. The minimum Gasteiger partial charge on any atom is -0.273 e. The molecule has 0 unspecified atom stereocenters. The molecule has 0 aliphatic carbocycles. The molecule has 2 aromatic carbocycles. The molecule has 4 nitrogen and oxygen atoms in total. The van der Waals surface area contributed by atoms with Gasteiger partial charge in [0.05, 0.1) is 12.0 Å². The van der Waals surface area contributed by atoms with Crippen LogP contribution in [0.4, 0.5) is 0 Å². The van der Waals surface area contributed by atoms with Crippen LogP contribution in [0, 0.1) is 6.92 Å². The second-order valence-corrected chi connectivity index (χ2v) is 5.50. The summed E-state index contributed by atoms with van der Waals surface area (Å²) in [6.45, 7) is 1.99. The van der Waals surface area contributed by atoms with Gasteiger partial charge in [-0.2, -0.15) is 0 Å². The average molecular weight is 347 g/mol. The quantitative estimate of drug-likeness (QED) is 0.839. The van der Waals surface area contributed by atoms with Crippen LogP contribution < -0.4 is 10.9 Å². The first-order valence-corrected chi connectivity index (χ1v) is 7.25. The SMILES string of the molecule is Cc1ccc(CC(=O)NNC(=O)c2ccccc2Br)cc1. The molecular formula is C16H15BrN2O2. The Hall–Kier alpha value is -2.14. The van der Waals surface area contributed by atoms with E-state index in [1.807, 2.05) is 37.3 Å². The van der Waals surface area contributed by atoms with E-state index >= 15 is 0 Å². The molecule has 0 saturated heterocycles. The average Bonchev–Trinajstić information content (AvgIpc) is 2.48. The maximum Gasteiger partial charge on any atom is 0.270 e. The van der Waals surface area contributed by atoms with Crippen LogP contribution in [0.5, 0.6) is 0 Å². The van der Waals surface area contributed by atoms with Crippen LogP contribution in [0.3, 0.4) is 0 Å². The monoisotopic (exact) mass is 346 g/mol. The molecule has 2 aromatic rings. The largest absolute Gasteiger partial charge is 0.273 e. The van der Waals surface area contributed by atoms with Crippen molar-refractivity contribution in [3.05, 3.63) is 69.7 Å². The van der Waals surface area contributed by atoms with Crippen molar-refractivity contribution < 1.29 is 9.59 Å². The lowest BCUT2D eigenvalue weighted by Gasteiger charge is -2.08. The maximum absolute atomic E-state index is 11.9. The topological polar surface area (TPSA) is 58.2 Å². The van der Waals surface area contributed by atoms with Gasteiger partial charge in [0, 0.05) is 4.47 Å². The molecule has 0 spiro atoms. The first-order chi connectivity index (χ1) is 10.1. The summed E-state index contributed by atoms with van der Waals surface area (Å²) < 4.78 is 0.676. The summed E-state index contributed by atoms with van der Waals surface area (Å²) in [7, 11) is 0. The number of hydrogen-bond donors (Lipinski definition) is 2. The Morgan fingerprint density at radius 2 is 1.67 bits per heavy atom. The molecule has 0 bridgehead atoms. The molecule has 0 aromatic heterocycles. The Labute approximate surface area is 131 Å². The van der Waals surface area contributed by atoms with Gasteiger partial charge in [0.2, 0.25) is 5.91 Å². The second kappa shape index (κ2) is 7.04. The predicted octanol–water partition coefficient (Wildman–Crippen LogP) is 2.76. The molecule has 0 radical (unpaired) electrons. The Morgan fingerprint density at radius 1 is 1.00 bits per heavy atom. The fourth-order valence-electron chi connectivity index (χ4n) is 1.77. The number of amides is 2. The summed E-state index contributed by atoms with van der Waals surface area (Å²) in [4.78, 5) is 23.7. The molecule has 108 valence electrons. The number of hydrazine groups is 1. The predicted molar refractivity (Wildman–Crippen MR) is 84.6 cm³/mol. The van der Waals surface area contributed by atoms with Crippen molar-refractivity contribution in [3.63, 3.8) is 0 Å². The lowest BCUT2D eigenvalue weighted by atomic mass is 10.1. The Balaban J connectivity index is 1.88. The molecular weight excluding hydrogens is 332 g/mol. The van der Waals surface area contributed by atoms with E-state index in [1.54, 1.807) is 18.2 Å². The summed E-state index contributed by atoms with van der Waals surface area (Å²) in [5, 5.41) is 0. The van der Waals surface area contributed by atoms with Crippen molar-refractivity contribution in [1.29, 1.82) is 0 Å². The Bertz CT molecular complexity index is 654. The number of hydrogen-bond acceptors (Lipinski definition) is 2. The number of aryl methyl sites for hydroxylation is 1. The highest BCUT2D eigenvalue weighted by Crippen LogP contribution is 2.15. The van der Waals surface area contributed by atoms with Crippen molar-refractivity contribution in [3.8, 4) is 0 Å². The zero-order chi connectivity index (χ0) is 15.2. The van der Waals surface area contributed by atoms with Gasteiger partial charge in [0.15, 0.2) is 0 Å². The van der Waals surface area contributed by atoms with Crippen molar-refractivity contribution >= 4 is 27.7 Å². The number of rotatable bonds is 3. The summed E-state index contributed by atoms with van der Waals surface area (Å²) in [5.41, 5.74) is 7.32. The molecule has 0 atom stereocenters. The van der Waals surface area contributed by atoms with E-state index in [4.69, 9.17) is 0 Å². The van der Waals surface area contributed by atoms with Gasteiger partial charge in [0.1, 0.15) is 0 Å². The molecule has 2 amide bonds. The van der Waals surface area contributed by atoms with Crippen LogP contribution in [0.1, 0.15) is 21.5 Å². The first-order valence-electron chi connectivity index (χ1n) is 6.45. The van der Waals surface area contributed by atoms with Crippen LogP contribution in [0.25, 0.3) is 0 Å². The van der Waals surface area contributed by atoms with E-state index in [9.17, 15) is 9.59 Å². The van der Waals surface area contributed by atoms with E-state index in [0.29, 0.717) is 10.0 Å². The fourth-order valence-corrected chi connectivity index (χ4v) is 2.24. The van der Waals surface area contributed by atoms with Crippen LogP contribution in [-0.2, 0) is 11.2 Å². The van der Waals surface area contributed by atoms with Crippen LogP contribution in [0.2, 0.25) is 0 Å². The van der Waals surface area contributed by atoms with Gasteiger partial charge in [0.25, 0.3) is 5.91 Å². The van der Waals surface area contributed by atoms with Gasteiger partial charge in [-0.25, -0.2) is 0 Å². The van der Waals surface area contributed by atoms with Crippen LogP contribution in [-0.4, -0.2) is 11.8 Å². The zero-order valence-corrected chi connectivity index (χ0v) is 13.1. The molecule has 0 aliphatic heterocycles. The molecule has 2 N–H and O–H groups in total. The van der Waals surface area contributed by atoms with Gasteiger partial charge in [-0.3, -0.25) is 20.4 Å². The molecule has 0 saturated carbocycles.